The summed E-state index contributed by atoms with van der Waals surface area (Å²) in [6.07, 6.45) is 0.903. The van der Waals surface area contributed by atoms with Gasteiger partial charge in [0, 0.05) is 20.6 Å². The topological polar surface area (TPSA) is 56.0 Å². The fourth-order valence-electron chi connectivity index (χ4n) is 2.91. The Morgan fingerprint density at radius 1 is 1.00 bits per heavy atom. The Balaban J connectivity index is 1.61. The molecule has 130 valence electrons. The van der Waals surface area contributed by atoms with Crippen LogP contribution in [0.4, 0.5) is 4.39 Å². The van der Waals surface area contributed by atoms with Gasteiger partial charge in [-0.1, -0.05) is 18.2 Å². The summed E-state index contributed by atoms with van der Waals surface area (Å²) in [7, 11) is 3.45. The second-order valence-electron chi connectivity index (χ2n) is 6.13. The van der Waals surface area contributed by atoms with E-state index in [2.05, 4.69) is 5.32 Å². The number of halogens is 1. The molecule has 0 fully saturated rings. The van der Waals surface area contributed by atoms with Crippen molar-refractivity contribution in [3.8, 4) is 0 Å². The van der Waals surface area contributed by atoms with Crippen LogP contribution in [-0.4, -0.2) is 21.6 Å². The van der Waals surface area contributed by atoms with Gasteiger partial charge in [0.1, 0.15) is 5.82 Å². The first-order valence-electron chi connectivity index (χ1n) is 8.11. The molecule has 0 radical (unpaired) electrons. The predicted octanol–water partition coefficient (Wildman–Crippen LogP) is 1.92. The normalized spacial score (nSPS) is 11.0. The zero-order chi connectivity index (χ0) is 18.0. The highest BCUT2D eigenvalue weighted by Gasteiger charge is 2.10. The lowest BCUT2D eigenvalue weighted by molar-refractivity contribution is -0.120. The van der Waals surface area contributed by atoms with E-state index in [4.69, 9.17) is 0 Å². The molecule has 3 rings (SSSR count). The molecule has 1 N–H and O–H groups in total. The minimum atomic E-state index is -0.265. The van der Waals surface area contributed by atoms with Crippen LogP contribution < -0.4 is 11.0 Å². The third kappa shape index (κ3) is 3.63. The fourth-order valence-corrected chi connectivity index (χ4v) is 2.91. The quantitative estimate of drug-likeness (QED) is 0.771. The average molecular weight is 341 g/mol. The number of benzene rings is 2. The van der Waals surface area contributed by atoms with E-state index in [0.29, 0.717) is 13.0 Å². The summed E-state index contributed by atoms with van der Waals surface area (Å²) in [5, 5.41) is 2.87. The van der Waals surface area contributed by atoms with Crippen LogP contribution in [0.2, 0.25) is 0 Å². The maximum Gasteiger partial charge on any atom is 0.328 e. The number of imidazole rings is 1. The number of aromatic nitrogens is 2. The number of hydrogen-bond donors (Lipinski definition) is 1. The highest BCUT2D eigenvalue weighted by atomic mass is 19.1. The van der Waals surface area contributed by atoms with Gasteiger partial charge >= 0.3 is 5.69 Å². The number of carbonyl (C=O) groups excluding carboxylic acids is 1. The highest BCUT2D eigenvalue weighted by molar-refractivity contribution is 5.82. The summed E-state index contributed by atoms with van der Waals surface area (Å²) >= 11 is 0. The van der Waals surface area contributed by atoms with Crippen LogP contribution in [0.1, 0.15) is 11.1 Å². The van der Waals surface area contributed by atoms with Gasteiger partial charge in [0.2, 0.25) is 5.91 Å². The monoisotopic (exact) mass is 341 g/mol. The molecular formula is C19H20FN3O2. The lowest BCUT2D eigenvalue weighted by atomic mass is 10.1. The van der Waals surface area contributed by atoms with Crippen molar-refractivity contribution in [3.05, 3.63) is 69.9 Å². The Morgan fingerprint density at radius 2 is 1.64 bits per heavy atom. The van der Waals surface area contributed by atoms with Crippen molar-refractivity contribution in [3.63, 3.8) is 0 Å². The van der Waals surface area contributed by atoms with Crippen molar-refractivity contribution < 1.29 is 9.18 Å². The molecule has 0 atom stereocenters. The molecule has 2 aromatic carbocycles. The Hall–Kier alpha value is -2.89. The van der Waals surface area contributed by atoms with Crippen molar-refractivity contribution in [2.75, 3.05) is 6.54 Å². The second-order valence-corrected chi connectivity index (χ2v) is 6.13. The van der Waals surface area contributed by atoms with Gasteiger partial charge in [-0.05, 0) is 41.8 Å². The minimum absolute atomic E-state index is 0.0811. The van der Waals surface area contributed by atoms with Gasteiger partial charge in [0.25, 0.3) is 0 Å². The standard InChI is InChI=1S/C19H20FN3O2/c1-22-16-8-5-14(11-17(16)23(2)19(22)25)12-18(24)21-10-9-13-3-6-15(20)7-4-13/h3-8,11H,9-10,12H2,1-2H3,(H,21,24). The number of fused-ring (bicyclic) bond motifs is 1. The highest BCUT2D eigenvalue weighted by Crippen LogP contribution is 2.14. The molecule has 0 bridgehead atoms. The van der Waals surface area contributed by atoms with E-state index in [1.54, 1.807) is 35.4 Å². The van der Waals surface area contributed by atoms with E-state index in [1.807, 2.05) is 18.2 Å². The molecule has 25 heavy (non-hydrogen) atoms. The number of nitrogens with one attached hydrogen (secondary N) is 1. The summed E-state index contributed by atoms with van der Waals surface area (Å²) in [5.74, 6) is -0.346. The van der Waals surface area contributed by atoms with Crippen molar-refractivity contribution in [1.82, 2.24) is 14.5 Å². The van der Waals surface area contributed by atoms with Gasteiger partial charge in [0.15, 0.2) is 0 Å². The van der Waals surface area contributed by atoms with Gasteiger partial charge in [-0.3, -0.25) is 13.9 Å². The first kappa shape index (κ1) is 17.0. The zero-order valence-corrected chi connectivity index (χ0v) is 14.3. The van der Waals surface area contributed by atoms with Crippen LogP contribution in [0.25, 0.3) is 11.0 Å². The zero-order valence-electron chi connectivity index (χ0n) is 14.3. The minimum Gasteiger partial charge on any atom is -0.355 e. The molecule has 0 spiro atoms. The van der Waals surface area contributed by atoms with Crippen LogP contribution in [0.5, 0.6) is 0 Å². The number of aryl methyl sites for hydroxylation is 2. The lowest BCUT2D eigenvalue weighted by Crippen LogP contribution is -2.27. The molecule has 0 aliphatic heterocycles. The number of carbonyl (C=O) groups is 1. The molecule has 3 aromatic rings. The van der Waals surface area contributed by atoms with Crippen LogP contribution in [0, 0.1) is 5.82 Å². The van der Waals surface area contributed by atoms with E-state index in [0.717, 1.165) is 22.2 Å². The van der Waals surface area contributed by atoms with E-state index in [1.165, 1.54) is 12.1 Å². The van der Waals surface area contributed by atoms with E-state index < -0.39 is 0 Å². The third-order valence-electron chi connectivity index (χ3n) is 4.35. The maximum atomic E-state index is 12.9. The third-order valence-corrected chi connectivity index (χ3v) is 4.35. The molecule has 5 nitrogen and oxygen atoms in total. The summed E-state index contributed by atoms with van der Waals surface area (Å²) in [6, 6.07) is 11.8. The molecule has 0 aliphatic rings. The smallest absolute Gasteiger partial charge is 0.328 e. The largest absolute Gasteiger partial charge is 0.355 e. The Morgan fingerprint density at radius 3 is 2.36 bits per heavy atom. The molecule has 0 unspecified atom stereocenters. The number of hydrogen-bond acceptors (Lipinski definition) is 2. The number of amides is 1. The second kappa shape index (κ2) is 6.93. The molecule has 1 aromatic heterocycles. The van der Waals surface area contributed by atoms with Gasteiger partial charge in [-0.15, -0.1) is 0 Å². The first-order chi connectivity index (χ1) is 12.0. The van der Waals surface area contributed by atoms with E-state index >= 15 is 0 Å². The molecule has 6 heteroatoms. The van der Waals surface area contributed by atoms with Gasteiger partial charge in [-0.2, -0.15) is 0 Å². The summed E-state index contributed by atoms with van der Waals surface area (Å²) in [4.78, 5) is 24.0. The van der Waals surface area contributed by atoms with Gasteiger partial charge < -0.3 is 5.32 Å². The number of nitrogens with zero attached hydrogens (tertiary/aromatic N) is 2. The van der Waals surface area contributed by atoms with Crippen LogP contribution in [-0.2, 0) is 31.7 Å². The van der Waals surface area contributed by atoms with Crippen molar-refractivity contribution in [2.24, 2.45) is 14.1 Å². The molecular weight excluding hydrogens is 321 g/mol. The fraction of sp³-hybridized carbons (Fsp3) is 0.263. The SMILES string of the molecule is Cn1c(=O)n(C)c2cc(CC(=O)NCCc3ccc(F)cc3)ccc21. The van der Waals surface area contributed by atoms with Crippen LogP contribution >= 0.6 is 0 Å². The van der Waals surface area contributed by atoms with Crippen molar-refractivity contribution >= 4 is 16.9 Å². The summed E-state index contributed by atoms with van der Waals surface area (Å²) in [5.41, 5.74) is 3.39. The predicted molar refractivity (Wildman–Crippen MR) is 95.0 cm³/mol. The Kier molecular flexibility index (Phi) is 4.70. The molecule has 0 saturated heterocycles. The van der Waals surface area contributed by atoms with Gasteiger partial charge in [-0.25, -0.2) is 9.18 Å². The van der Waals surface area contributed by atoms with Gasteiger partial charge in [0.05, 0.1) is 17.5 Å². The van der Waals surface area contributed by atoms with Crippen LogP contribution in [0.15, 0.2) is 47.3 Å². The van der Waals surface area contributed by atoms with Crippen molar-refractivity contribution in [2.45, 2.75) is 12.8 Å². The van der Waals surface area contributed by atoms with E-state index in [-0.39, 0.29) is 23.8 Å². The average Bonchev–Trinajstić information content (AvgIpc) is 2.81. The first-order valence-corrected chi connectivity index (χ1v) is 8.11. The summed E-state index contributed by atoms with van der Waals surface area (Å²) < 4.78 is 16.0. The Bertz CT molecular complexity index is 971. The van der Waals surface area contributed by atoms with Crippen LogP contribution in [0.3, 0.4) is 0 Å². The summed E-state index contributed by atoms with van der Waals surface area (Å²) in [6.45, 7) is 0.497. The lowest BCUT2D eigenvalue weighted by Gasteiger charge is -2.06. The van der Waals surface area contributed by atoms with Crippen molar-refractivity contribution in [1.29, 1.82) is 0 Å². The molecule has 1 heterocycles. The maximum absolute atomic E-state index is 12.9. The molecule has 1 amide bonds. The number of rotatable bonds is 5. The van der Waals surface area contributed by atoms with E-state index in [9.17, 15) is 14.0 Å². The Labute approximate surface area is 144 Å². The molecule has 0 aliphatic carbocycles. The molecule has 0 saturated carbocycles.